The van der Waals surface area contributed by atoms with Gasteiger partial charge in [0, 0.05) is 37.1 Å². The maximum Gasteiger partial charge on any atom is 0.232 e. The Morgan fingerprint density at radius 1 is 1.07 bits per heavy atom. The van der Waals surface area contributed by atoms with Gasteiger partial charge in [0.1, 0.15) is 0 Å². The summed E-state index contributed by atoms with van der Waals surface area (Å²) in [6.07, 6.45) is 2.35. The number of aryl methyl sites for hydroxylation is 2. The largest absolute Gasteiger partial charge is 0.351 e. The topological polar surface area (TPSA) is 56.0 Å². The predicted octanol–water partition coefficient (Wildman–Crippen LogP) is 4.11. The third-order valence-electron chi connectivity index (χ3n) is 5.71. The van der Waals surface area contributed by atoms with E-state index in [0.717, 1.165) is 46.8 Å². The van der Waals surface area contributed by atoms with Crippen molar-refractivity contribution in [3.63, 3.8) is 0 Å². The van der Waals surface area contributed by atoms with Crippen molar-refractivity contribution in [3.8, 4) is 5.69 Å². The molecule has 6 nitrogen and oxygen atoms in total. The molecule has 1 aliphatic rings. The molecule has 0 aliphatic carbocycles. The monoisotopic (exact) mass is 409 g/mol. The molecule has 0 saturated carbocycles. The van der Waals surface area contributed by atoms with Crippen LogP contribution in [0.15, 0.2) is 35.5 Å². The van der Waals surface area contributed by atoms with E-state index in [1.807, 2.05) is 27.0 Å². The molecule has 0 bridgehead atoms. The molecule has 0 spiro atoms. The van der Waals surface area contributed by atoms with Gasteiger partial charge in [0.2, 0.25) is 5.95 Å². The second-order valence-electron chi connectivity index (χ2n) is 7.70. The first kappa shape index (κ1) is 19.8. The van der Waals surface area contributed by atoms with Crippen LogP contribution in [0.2, 0.25) is 0 Å². The lowest BCUT2D eigenvalue weighted by molar-refractivity contribution is 0.102. The molecule has 1 aromatic carbocycles. The molecule has 2 aromatic heterocycles. The number of thioether (sulfide) groups is 1. The maximum absolute atomic E-state index is 12.9. The van der Waals surface area contributed by atoms with Gasteiger partial charge in [-0.25, -0.2) is 0 Å². The van der Waals surface area contributed by atoms with Crippen molar-refractivity contribution >= 4 is 23.5 Å². The Kier molecular flexibility index (Phi) is 5.50. The van der Waals surface area contributed by atoms with Gasteiger partial charge in [-0.1, -0.05) is 29.5 Å². The maximum atomic E-state index is 12.9. The van der Waals surface area contributed by atoms with Gasteiger partial charge in [-0.2, -0.15) is 0 Å². The highest BCUT2D eigenvalue weighted by Crippen LogP contribution is 2.29. The van der Waals surface area contributed by atoms with Crippen molar-refractivity contribution in [1.82, 2.24) is 19.3 Å². The second kappa shape index (κ2) is 8.06. The molecule has 3 aromatic rings. The Morgan fingerprint density at radius 3 is 2.38 bits per heavy atom. The van der Waals surface area contributed by atoms with Gasteiger partial charge < -0.3 is 9.47 Å². The lowest BCUT2D eigenvalue weighted by atomic mass is 10.2. The van der Waals surface area contributed by atoms with E-state index in [-0.39, 0.29) is 5.78 Å². The molecule has 0 unspecified atom stereocenters. The molecule has 152 valence electrons. The van der Waals surface area contributed by atoms with Crippen molar-refractivity contribution in [1.29, 1.82) is 0 Å². The number of hydrogen-bond acceptors (Lipinski definition) is 5. The molecular formula is C22H27N5OS. The number of hydrogen-bond donors (Lipinski definition) is 0. The smallest absolute Gasteiger partial charge is 0.232 e. The molecule has 7 heteroatoms. The number of anilines is 1. The lowest BCUT2D eigenvalue weighted by Crippen LogP contribution is -2.22. The Balaban J connectivity index is 1.62. The lowest BCUT2D eigenvalue weighted by Gasteiger charge is -2.18. The van der Waals surface area contributed by atoms with Crippen molar-refractivity contribution in [2.24, 2.45) is 7.05 Å². The summed E-state index contributed by atoms with van der Waals surface area (Å²) in [4.78, 5) is 15.1. The summed E-state index contributed by atoms with van der Waals surface area (Å²) in [6.45, 7) is 8.08. The molecule has 1 fully saturated rings. The van der Waals surface area contributed by atoms with E-state index < -0.39 is 0 Å². The van der Waals surface area contributed by atoms with Crippen LogP contribution in [-0.2, 0) is 7.05 Å². The van der Waals surface area contributed by atoms with Crippen molar-refractivity contribution in [3.05, 3.63) is 52.8 Å². The molecule has 3 heterocycles. The van der Waals surface area contributed by atoms with E-state index in [9.17, 15) is 4.79 Å². The minimum absolute atomic E-state index is 0.123. The molecular weight excluding hydrogens is 382 g/mol. The van der Waals surface area contributed by atoms with Crippen LogP contribution in [0.3, 0.4) is 0 Å². The normalized spacial score (nSPS) is 14.0. The van der Waals surface area contributed by atoms with Gasteiger partial charge >= 0.3 is 0 Å². The van der Waals surface area contributed by atoms with Gasteiger partial charge in [-0.15, -0.1) is 10.2 Å². The zero-order valence-corrected chi connectivity index (χ0v) is 18.3. The predicted molar refractivity (Wildman–Crippen MR) is 117 cm³/mol. The first-order valence-electron chi connectivity index (χ1n) is 10.0. The van der Waals surface area contributed by atoms with Gasteiger partial charge in [0.15, 0.2) is 10.9 Å². The Morgan fingerprint density at radius 2 is 1.76 bits per heavy atom. The van der Waals surface area contributed by atoms with E-state index in [1.54, 1.807) is 0 Å². The van der Waals surface area contributed by atoms with E-state index in [2.05, 4.69) is 55.4 Å². The Labute approximate surface area is 175 Å². The molecule has 1 aliphatic heterocycles. The third-order valence-corrected chi connectivity index (χ3v) is 6.63. The summed E-state index contributed by atoms with van der Waals surface area (Å²) in [7, 11) is 1.99. The summed E-state index contributed by atoms with van der Waals surface area (Å²) in [5, 5.41) is 9.69. The van der Waals surface area contributed by atoms with Crippen molar-refractivity contribution < 1.29 is 4.79 Å². The SMILES string of the molecule is Cc1ccc(-n2c(SCC(=O)c3cc(C)n(C)c3C)nnc2N2CCCC2)cc1. The number of carbonyl (C=O) groups is 1. The zero-order valence-electron chi connectivity index (χ0n) is 17.5. The molecule has 1 saturated heterocycles. The van der Waals surface area contributed by atoms with Crippen LogP contribution in [0.25, 0.3) is 5.69 Å². The van der Waals surface area contributed by atoms with Gasteiger partial charge in [-0.05, 0) is 51.8 Å². The second-order valence-corrected chi connectivity index (χ2v) is 8.65. The van der Waals surface area contributed by atoms with E-state index in [4.69, 9.17) is 0 Å². The van der Waals surface area contributed by atoms with Gasteiger partial charge in [-0.3, -0.25) is 9.36 Å². The Hall–Kier alpha value is -2.54. The highest BCUT2D eigenvalue weighted by molar-refractivity contribution is 7.99. The molecule has 0 atom stereocenters. The van der Waals surface area contributed by atoms with E-state index in [0.29, 0.717) is 5.75 Å². The highest BCUT2D eigenvalue weighted by atomic mass is 32.2. The number of nitrogens with zero attached hydrogens (tertiary/aromatic N) is 5. The number of Topliss-reactive ketones (excluding diaryl/α,β-unsaturated/α-hetero) is 1. The number of benzene rings is 1. The fraction of sp³-hybridized carbons (Fsp3) is 0.409. The minimum atomic E-state index is 0.123. The summed E-state index contributed by atoms with van der Waals surface area (Å²) in [5.41, 5.74) is 5.13. The van der Waals surface area contributed by atoms with Gasteiger partial charge in [0.25, 0.3) is 0 Å². The molecule has 0 amide bonds. The van der Waals surface area contributed by atoms with Crippen LogP contribution in [0.1, 0.15) is 40.2 Å². The summed E-state index contributed by atoms with van der Waals surface area (Å²) in [6, 6.07) is 10.3. The van der Waals surface area contributed by atoms with Gasteiger partial charge in [0.05, 0.1) is 11.4 Å². The summed E-state index contributed by atoms with van der Waals surface area (Å²) in [5.74, 6) is 1.33. The fourth-order valence-corrected chi connectivity index (χ4v) is 4.57. The first-order chi connectivity index (χ1) is 14.0. The molecule has 0 radical (unpaired) electrons. The number of ketones is 1. The zero-order chi connectivity index (χ0) is 20.5. The minimum Gasteiger partial charge on any atom is -0.351 e. The first-order valence-corrected chi connectivity index (χ1v) is 11.0. The molecule has 4 rings (SSSR count). The quantitative estimate of drug-likeness (QED) is 0.453. The molecule has 29 heavy (non-hydrogen) atoms. The van der Waals surface area contributed by atoms with Crippen molar-refractivity contribution in [2.75, 3.05) is 23.7 Å². The van der Waals surface area contributed by atoms with Crippen molar-refractivity contribution in [2.45, 2.75) is 38.8 Å². The van der Waals surface area contributed by atoms with Crippen LogP contribution < -0.4 is 4.90 Å². The van der Waals surface area contributed by atoms with Crippen LogP contribution in [0, 0.1) is 20.8 Å². The van der Waals surface area contributed by atoms with E-state index in [1.165, 1.54) is 30.2 Å². The van der Waals surface area contributed by atoms with Crippen LogP contribution in [-0.4, -0.2) is 44.0 Å². The standard InChI is InChI=1S/C22H27N5OS/c1-15-7-9-18(10-8-15)27-21(26-11-5-6-12-26)23-24-22(27)29-14-20(28)19-13-16(2)25(4)17(19)3/h7-10,13H,5-6,11-12,14H2,1-4H3. The van der Waals surface area contributed by atoms with Crippen LogP contribution >= 0.6 is 11.8 Å². The van der Waals surface area contributed by atoms with Crippen LogP contribution in [0.5, 0.6) is 0 Å². The third kappa shape index (κ3) is 3.83. The Bertz CT molecular complexity index is 1030. The van der Waals surface area contributed by atoms with Crippen LogP contribution in [0.4, 0.5) is 5.95 Å². The number of aromatic nitrogens is 4. The fourth-order valence-electron chi connectivity index (χ4n) is 3.74. The average molecular weight is 410 g/mol. The number of rotatable bonds is 6. The van der Waals surface area contributed by atoms with E-state index >= 15 is 0 Å². The summed E-state index contributed by atoms with van der Waals surface area (Å²) < 4.78 is 4.14. The number of carbonyl (C=O) groups excluding carboxylic acids is 1. The molecule has 0 N–H and O–H groups in total. The summed E-state index contributed by atoms with van der Waals surface area (Å²) >= 11 is 1.46. The average Bonchev–Trinajstić information content (AvgIpc) is 3.43. The highest BCUT2D eigenvalue weighted by Gasteiger charge is 2.23.